The molecule has 23 heavy (non-hydrogen) atoms. The molecule has 3 amide bonds. The van der Waals surface area contributed by atoms with Crippen LogP contribution in [0.3, 0.4) is 0 Å². The number of thiophene rings is 1. The Bertz CT molecular complexity index is 554. The fourth-order valence-electron chi connectivity index (χ4n) is 3.88. The van der Waals surface area contributed by atoms with Crippen molar-refractivity contribution in [2.75, 3.05) is 19.6 Å². The van der Waals surface area contributed by atoms with E-state index in [1.165, 1.54) is 9.78 Å². The molecule has 1 aromatic rings. The summed E-state index contributed by atoms with van der Waals surface area (Å²) < 4.78 is 0. The Morgan fingerprint density at radius 3 is 2.78 bits per heavy atom. The average Bonchev–Trinajstić information content (AvgIpc) is 3.15. The maximum atomic E-state index is 13.1. The molecule has 3 heterocycles. The molecule has 0 saturated carbocycles. The number of rotatable bonds is 6. The van der Waals surface area contributed by atoms with E-state index in [1.54, 1.807) is 11.3 Å². The molecule has 1 unspecified atom stereocenters. The van der Waals surface area contributed by atoms with Gasteiger partial charge in [-0.3, -0.25) is 9.69 Å². The third-order valence-corrected chi connectivity index (χ3v) is 5.98. The summed E-state index contributed by atoms with van der Waals surface area (Å²) in [6.45, 7) is 4.40. The maximum Gasteiger partial charge on any atom is 0.325 e. The lowest BCUT2D eigenvalue weighted by Crippen LogP contribution is -2.55. The van der Waals surface area contributed by atoms with Crippen LogP contribution in [0.15, 0.2) is 17.5 Å². The van der Waals surface area contributed by atoms with E-state index in [2.05, 4.69) is 23.6 Å². The number of urea groups is 1. The highest BCUT2D eigenvalue weighted by Gasteiger charge is 2.54. The van der Waals surface area contributed by atoms with Crippen molar-refractivity contribution >= 4 is 23.3 Å². The van der Waals surface area contributed by atoms with Crippen LogP contribution in [-0.2, 0) is 11.2 Å². The lowest BCUT2D eigenvalue weighted by atomic mass is 9.75. The van der Waals surface area contributed by atoms with Gasteiger partial charge >= 0.3 is 6.03 Å². The van der Waals surface area contributed by atoms with Crippen molar-refractivity contribution in [1.29, 1.82) is 0 Å². The molecule has 3 rings (SSSR count). The SMILES string of the molecule is CCCC1(C2CCNCC2)NC(=O)N(CCc2cccs2)C1=O. The Labute approximate surface area is 141 Å². The van der Waals surface area contributed by atoms with Gasteiger partial charge in [-0.25, -0.2) is 4.79 Å². The summed E-state index contributed by atoms with van der Waals surface area (Å²) in [6, 6.07) is 3.84. The second-order valence-corrected chi connectivity index (χ2v) is 7.49. The minimum absolute atomic E-state index is 0.00666. The van der Waals surface area contributed by atoms with E-state index in [0.29, 0.717) is 6.54 Å². The fourth-order valence-corrected chi connectivity index (χ4v) is 4.58. The van der Waals surface area contributed by atoms with E-state index in [0.717, 1.165) is 45.2 Å². The van der Waals surface area contributed by atoms with Crippen molar-refractivity contribution in [2.45, 2.75) is 44.6 Å². The number of nitrogens with zero attached hydrogens (tertiary/aromatic N) is 1. The van der Waals surface area contributed by atoms with Crippen molar-refractivity contribution in [1.82, 2.24) is 15.5 Å². The molecule has 2 saturated heterocycles. The van der Waals surface area contributed by atoms with Gasteiger partial charge in [-0.2, -0.15) is 0 Å². The smallest absolute Gasteiger partial charge is 0.323 e. The minimum atomic E-state index is -0.677. The quantitative estimate of drug-likeness (QED) is 0.785. The highest BCUT2D eigenvalue weighted by atomic mass is 32.1. The molecule has 2 aliphatic heterocycles. The zero-order valence-electron chi connectivity index (χ0n) is 13.6. The Morgan fingerprint density at radius 1 is 1.35 bits per heavy atom. The first-order valence-corrected chi connectivity index (χ1v) is 9.42. The van der Waals surface area contributed by atoms with Gasteiger partial charge in [-0.15, -0.1) is 11.3 Å². The molecule has 0 aromatic carbocycles. The standard InChI is InChI=1S/C17H25N3O2S/c1-2-8-17(13-5-9-18-10-6-13)15(21)20(16(22)19-17)11-7-14-4-3-12-23-14/h3-4,12-13,18H,2,5-11H2,1H3,(H,19,22). The normalized spacial score (nSPS) is 25.9. The van der Waals surface area contributed by atoms with Crippen LogP contribution in [0.25, 0.3) is 0 Å². The highest BCUT2D eigenvalue weighted by Crippen LogP contribution is 2.35. The van der Waals surface area contributed by atoms with Gasteiger partial charge in [-0.05, 0) is 56.1 Å². The van der Waals surface area contributed by atoms with Gasteiger partial charge in [0, 0.05) is 11.4 Å². The monoisotopic (exact) mass is 335 g/mol. The first-order chi connectivity index (χ1) is 11.2. The largest absolute Gasteiger partial charge is 0.325 e. The van der Waals surface area contributed by atoms with Crippen LogP contribution in [0.1, 0.15) is 37.5 Å². The molecule has 2 aliphatic rings. The number of hydrogen-bond acceptors (Lipinski definition) is 4. The third-order valence-electron chi connectivity index (χ3n) is 5.04. The van der Waals surface area contributed by atoms with E-state index in [1.807, 2.05) is 11.4 Å². The number of piperidine rings is 1. The zero-order valence-corrected chi connectivity index (χ0v) is 14.5. The van der Waals surface area contributed by atoms with Crippen LogP contribution in [0.4, 0.5) is 4.79 Å². The fraction of sp³-hybridized carbons (Fsp3) is 0.647. The Balaban J connectivity index is 1.75. The van der Waals surface area contributed by atoms with E-state index < -0.39 is 5.54 Å². The summed E-state index contributed by atoms with van der Waals surface area (Å²) >= 11 is 1.67. The molecule has 2 N–H and O–H groups in total. The van der Waals surface area contributed by atoms with Crippen LogP contribution < -0.4 is 10.6 Å². The summed E-state index contributed by atoms with van der Waals surface area (Å²) in [6.07, 6.45) is 4.27. The van der Waals surface area contributed by atoms with Crippen molar-refractivity contribution in [2.24, 2.45) is 5.92 Å². The Morgan fingerprint density at radius 2 is 2.13 bits per heavy atom. The van der Waals surface area contributed by atoms with Crippen molar-refractivity contribution in [3.63, 3.8) is 0 Å². The van der Waals surface area contributed by atoms with E-state index >= 15 is 0 Å². The van der Waals surface area contributed by atoms with Crippen LogP contribution in [-0.4, -0.2) is 42.0 Å². The van der Waals surface area contributed by atoms with Gasteiger partial charge in [-0.1, -0.05) is 19.4 Å². The second-order valence-electron chi connectivity index (χ2n) is 6.46. The van der Waals surface area contributed by atoms with Gasteiger partial charge in [0.2, 0.25) is 0 Å². The molecular weight excluding hydrogens is 310 g/mol. The summed E-state index contributed by atoms with van der Waals surface area (Å²) in [7, 11) is 0. The summed E-state index contributed by atoms with van der Waals surface area (Å²) in [5, 5.41) is 8.45. The van der Waals surface area contributed by atoms with Crippen LogP contribution in [0, 0.1) is 5.92 Å². The first-order valence-electron chi connectivity index (χ1n) is 8.54. The third kappa shape index (κ3) is 3.15. The minimum Gasteiger partial charge on any atom is -0.323 e. The maximum absolute atomic E-state index is 13.1. The van der Waals surface area contributed by atoms with E-state index in [9.17, 15) is 9.59 Å². The second kappa shape index (κ2) is 7.01. The molecule has 0 aliphatic carbocycles. The van der Waals surface area contributed by atoms with Crippen LogP contribution >= 0.6 is 11.3 Å². The van der Waals surface area contributed by atoms with Crippen molar-refractivity contribution in [3.05, 3.63) is 22.4 Å². The summed E-state index contributed by atoms with van der Waals surface area (Å²) in [4.78, 5) is 28.2. The van der Waals surface area contributed by atoms with E-state index in [4.69, 9.17) is 0 Å². The molecular formula is C17H25N3O2S. The number of carbonyl (C=O) groups is 2. The summed E-state index contributed by atoms with van der Waals surface area (Å²) in [5.41, 5.74) is -0.677. The number of carbonyl (C=O) groups excluding carboxylic acids is 2. The van der Waals surface area contributed by atoms with Gasteiger partial charge in [0.1, 0.15) is 5.54 Å². The highest BCUT2D eigenvalue weighted by molar-refractivity contribution is 7.09. The lowest BCUT2D eigenvalue weighted by molar-refractivity contribution is -0.134. The van der Waals surface area contributed by atoms with Gasteiger partial charge < -0.3 is 10.6 Å². The molecule has 5 nitrogen and oxygen atoms in total. The molecule has 126 valence electrons. The average molecular weight is 335 g/mol. The number of hydrogen-bond donors (Lipinski definition) is 2. The van der Waals surface area contributed by atoms with Crippen LogP contribution in [0.5, 0.6) is 0 Å². The molecule has 0 bridgehead atoms. The topological polar surface area (TPSA) is 61.4 Å². The predicted molar refractivity (Wildman–Crippen MR) is 91.5 cm³/mol. The molecule has 1 aromatic heterocycles. The van der Waals surface area contributed by atoms with E-state index in [-0.39, 0.29) is 17.9 Å². The zero-order chi connectivity index (χ0) is 16.3. The number of imide groups is 1. The van der Waals surface area contributed by atoms with Crippen LogP contribution in [0.2, 0.25) is 0 Å². The molecule has 1 atom stereocenters. The Kier molecular flexibility index (Phi) is 5.02. The lowest BCUT2D eigenvalue weighted by Gasteiger charge is -2.37. The predicted octanol–water partition coefficient (Wildman–Crippen LogP) is 2.38. The number of amides is 3. The van der Waals surface area contributed by atoms with Crippen molar-refractivity contribution < 1.29 is 9.59 Å². The molecule has 0 radical (unpaired) electrons. The van der Waals surface area contributed by atoms with Crippen molar-refractivity contribution in [3.8, 4) is 0 Å². The summed E-state index contributed by atoms with van der Waals surface area (Å²) in [5.74, 6) is 0.236. The van der Waals surface area contributed by atoms with Gasteiger partial charge in [0.15, 0.2) is 0 Å². The number of nitrogens with one attached hydrogen (secondary N) is 2. The molecule has 6 heteroatoms. The van der Waals surface area contributed by atoms with Gasteiger partial charge in [0.25, 0.3) is 5.91 Å². The Hall–Kier alpha value is -1.40. The first kappa shape index (κ1) is 16.5. The molecule has 2 fully saturated rings. The molecule has 0 spiro atoms. The van der Waals surface area contributed by atoms with Gasteiger partial charge in [0.05, 0.1) is 0 Å².